The van der Waals surface area contributed by atoms with Gasteiger partial charge in [-0.3, -0.25) is 9.59 Å². The molecular weight excluding hydrogens is 495 g/mol. The van der Waals surface area contributed by atoms with Crippen LogP contribution >= 0.6 is 23.1 Å². The molecule has 0 aliphatic carbocycles. The number of nitriles is 1. The molecule has 0 unspecified atom stereocenters. The van der Waals surface area contributed by atoms with E-state index in [1.165, 1.54) is 47.4 Å². The van der Waals surface area contributed by atoms with Crippen molar-refractivity contribution in [3.05, 3.63) is 104 Å². The maximum atomic E-state index is 13.5. The first-order chi connectivity index (χ1) is 17.4. The molecule has 9 heteroatoms. The van der Waals surface area contributed by atoms with Gasteiger partial charge in [-0.25, -0.2) is 4.39 Å². The van der Waals surface area contributed by atoms with E-state index in [-0.39, 0.29) is 23.4 Å². The second kappa shape index (κ2) is 11.2. The van der Waals surface area contributed by atoms with E-state index in [0.717, 1.165) is 10.4 Å². The fourth-order valence-electron chi connectivity index (χ4n) is 3.84. The molecule has 2 heterocycles. The van der Waals surface area contributed by atoms with E-state index < -0.39 is 5.92 Å². The second-order valence-corrected chi connectivity index (χ2v) is 10.0. The molecule has 2 aromatic carbocycles. The number of carbonyl (C=O) groups excluding carboxylic acids is 2. The molecule has 0 bridgehead atoms. The Morgan fingerprint density at radius 2 is 1.83 bits per heavy atom. The Morgan fingerprint density at radius 3 is 2.50 bits per heavy atom. The third-order valence-corrected chi connectivity index (χ3v) is 7.54. The highest BCUT2D eigenvalue weighted by Crippen LogP contribution is 2.42. The Balaban J connectivity index is 1.58. The van der Waals surface area contributed by atoms with Gasteiger partial charge in [-0.2, -0.15) is 5.26 Å². The van der Waals surface area contributed by atoms with Gasteiger partial charge in [-0.1, -0.05) is 36.0 Å². The monoisotopic (exact) mass is 518 g/mol. The number of halogens is 1. The van der Waals surface area contributed by atoms with Gasteiger partial charge in [-0.05, 0) is 61.2 Å². The number of hydrogen-bond acceptors (Lipinski definition) is 6. The Bertz CT molecular complexity index is 1390. The van der Waals surface area contributed by atoms with Crippen molar-refractivity contribution in [1.29, 1.82) is 5.26 Å². The van der Waals surface area contributed by atoms with Gasteiger partial charge < -0.3 is 16.0 Å². The predicted octanol–water partition coefficient (Wildman–Crippen LogP) is 5.90. The third kappa shape index (κ3) is 5.67. The minimum atomic E-state index is -0.567. The molecule has 1 aliphatic rings. The Hall–Kier alpha value is -3.87. The fourth-order valence-corrected chi connectivity index (χ4v) is 5.57. The van der Waals surface area contributed by atoms with E-state index in [1.807, 2.05) is 48.7 Å². The van der Waals surface area contributed by atoms with Crippen LogP contribution in [0.3, 0.4) is 0 Å². The minimum Gasteiger partial charge on any atom is -0.353 e. The van der Waals surface area contributed by atoms with Gasteiger partial charge in [0.2, 0.25) is 5.91 Å². The molecule has 4 rings (SSSR count). The number of thiophene rings is 1. The number of anilines is 2. The molecule has 0 saturated carbocycles. The SMILES string of the molecule is CC1=C(C(=O)Nc2ccccc2C)[C@@H](c2cccs2)C(C#N)=C(SCC(=O)Nc2ccc(F)cc2)N1. The Morgan fingerprint density at radius 1 is 1.08 bits per heavy atom. The van der Waals surface area contributed by atoms with Crippen molar-refractivity contribution in [1.82, 2.24) is 5.32 Å². The smallest absolute Gasteiger partial charge is 0.254 e. The zero-order valence-electron chi connectivity index (χ0n) is 19.6. The van der Waals surface area contributed by atoms with Gasteiger partial charge in [0.25, 0.3) is 5.91 Å². The molecule has 1 aromatic heterocycles. The van der Waals surface area contributed by atoms with E-state index in [9.17, 15) is 19.2 Å². The molecule has 1 aliphatic heterocycles. The quantitative estimate of drug-likeness (QED) is 0.362. The lowest BCUT2D eigenvalue weighted by molar-refractivity contribution is -0.114. The maximum Gasteiger partial charge on any atom is 0.254 e. The van der Waals surface area contributed by atoms with Gasteiger partial charge in [-0.15, -0.1) is 11.3 Å². The second-order valence-electron chi connectivity index (χ2n) is 8.08. The minimum absolute atomic E-state index is 0.0278. The molecule has 3 N–H and O–H groups in total. The Labute approximate surface area is 216 Å². The summed E-state index contributed by atoms with van der Waals surface area (Å²) in [7, 11) is 0. The number of amides is 2. The highest BCUT2D eigenvalue weighted by molar-refractivity contribution is 8.03. The van der Waals surface area contributed by atoms with Crippen LogP contribution in [0.1, 0.15) is 23.3 Å². The average molecular weight is 519 g/mol. The van der Waals surface area contributed by atoms with Crippen LogP contribution in [0.15, 0.2) is 87.9 Å². The van der Waals surface area contributed by atoms with E-state index >= 15 is 0 Å². The molecule has 6 nitrogen and oxygen atoms in total. The summed E-state index contributed by atoms with van der Waals surface area (Å²) in [6, 6.07) is 19.1. The maximum absolute atomic E-state index is 13.5. The summed E-state index contributed by atoms with van der Waals surface area (Å²) in [5.41, 5.74) is 3.55. The predicted molar refractivity (Wildman–Crippen MR) is 143 cm³/mol. The normalized spacial score (nSPS) is 15.2. The van der Waals surface area contributed by atoms with Gasteiger partial charge in [0.1, 0.15) is 5.82 Å². The van der Waals surface area contributed by atoms with E-state index in [4.69, 9.17) is 0 Å². The van der Waals surface area contributed by atoms with Crippen LogP contribution in [0.2, 0.25) is 0 Å². The summed E-state index contributed by atoms with van der Waals surface area (Å²) in [6.45, 7) is 3.71. The highest BCUT2D eigenvalue weighted by Gasteiger charge is 2.35. The number of thioether (sulfide) groups is 1. The molecule has 2 amide bonds. The first-order valence-corrected chi connectivity index (χ1v) is 12.9. The van der Waals surface area contributed by atoms with E-state index in [1.54, 1.807) is 6.92 Å². The molecule has 182 valence electrons. The molecular formula is C27H23FN4O2S2. The zero-order valence-corrected chi connectivity index (χ0v) is 21.2. The van der Waals surface area contributed by atoms with Gasteiger partial charge in [0.05, 0.1) is 28.3 Å². The van der Waals surface area contributed by atoms with Crippen LogP contribution in [0.25, 0.3) is 0 Å². The summed E-state index contributed by atoms with van der Waals surface area (Å²) >= 11 is 2.65. The van der Waals surface area contributed by atoms with Crippen molar-refractivity contribution in [2.45, 2.75) is 19.8 Å². The van der Waals surface area contributed by atoms with Gasteiger partial charge in [0, 0.05) is 27.5 Å². The van der Waals surface area contributed by atoms with Crippen LogP contribution in [-0.2, 0) is 9.59 Å². The number of carbonyl (C=O) groups is 2. The highest BCUT2D eigenvalue weighted by atomic mass is 32.2. The van der Waals surface area contributed by atoms with Crippen molar-refractivity contribution in [3.63, 3.8) is 0 Å². The average Bonchev–Trinajstić information content (AvgIpc) is 3.39. The molecule has 1 atom stereocenters. The lowest BCUT2D eigenvalue weighted by Crippen LogP contribution is -2.31. The number of hydrogen-bond donors (Lipinski definition) is 3. The molecule has 0 fully saturated rings. The van der Waals surface area contributed by atoms with Crippen LogP contribution < -0.4 is 16.0 Å². The van der Waals surface area contributed by atoms with Gasteiger partial charge >= 0.3 is 0 Å². The number of dihydropyridines is 1. The number of nitrogens with one attached hydrogen (secondary N) is 3. The summed E-state index contributed by atoms with van der Waals surface area (Å²) in [5, 5.41) is 21.4. The summed E-state index contributed by atoms with van der Waals surface area (Å²) in [5.74, 6) is -1.51. The van der Waals surface area contributed by atoms with Crippen LogP contribution in [-0.4, -0.2) is 17.6 Å². The number of aryl methyl sites for hydroxylation is 1. The topological polar surface area (TPSA) is 94.0 Å². The van der Waals surface area contributed by atoms with Crippen molar-refractivity contribution < 1.29 is 14.0 Å². The molecule has 0 spiro atoms. The van der Waals surface area contributed by atoms with E-state index in [0.29, 0.717) is 33.2 Å². The van der Waals surface area contributed by atoms with Crippen LogP contribution in [0.4, 0.5) is 15.8 Å². The number of rotatable bonds is 7. The largest absolute Gasteiger partial charge is 0.353 e. The van der Waals surface area contributed by atoms with Crippen LogP contribution in [0, 0.1) is 24.1 Å². The fraction of sp³-hybridized carbons (Fsp3) is 0.148. The Kier molecular flexibility index (Phi) is 7.88. The first-order valence-electron chi connectivity index (χ1n) is 11.1. The van der Waals surface area contributed by atoms with Crippen LogP contribution in [0.5, 0.6) is 0 Å². The van der Waals surface area contributed by atoms with Crippen molar-refractivity contribution >= 4 is 46.3 Å². The summed E-state index contributed by atoms with van der Waals surface area (Å²) < 4.78 is 13.1. The van der Waals surface area contributed by atoms with Crippen molar-refractivity contribution in [2.24, 2.45) is 0 Å². The molecule has 3 aromatic rings. The summed E-state index contributed by atoms with van der Waals surface area (Å²) in [4.78, 5) is 26.8. The van der Waals surface area contributed by atoms with Gasteiger partial charge in [0.15, 0.2) is 0 Å². The summed E-state index contributed by atoms with van der Waals surface area (Å²) in [6.07, 6.45) is 0. The number of nitrogens with zero attached hydrogens (tertiary/aromatic N) is 1. The van der Waals surface area contributed by atoms with Crippen molar-refractivity contribution in [3.8, 4) is 6.07 Å². The standard InChI is InChI=1S/C27H23FN4O2S2/c1-16-6-3-4-7-21(16)32-26(34)24-17(2)30-27(20(14-29)25(24)22-8-5-13-35-22)36-15-23(33)31-19-11-9-18(28)10-12-19/h3-13,25,30H,15H2,1-2H3,(H,31,33)(H,32,34)/t25-/m1/s1. The zero-order chi connectivity index (χ0) is 25.7. The number of allylic oxidation sites excluding steroid dienone is 2. The lowest BCUT2D eigenvalue weighted by atomic mass is 9.86. The van der Waals surface area contributed by atoms with Crippen molar-refractivity contribution in [2.75, 3.05) is 16.4 Å². The molecule has 36 heavy (non-hydrogen) atoms. The number of benzene rings is 2. The first kappa shape index (κ1) is 25.2. The molecule has 0 radical (unpaired) electrons. The third-order valence-electron chi connectivity index (χ3n) is 5.59. The lowest BCUT2D eigenvalue weighted by Gasteiger charge is -2.29. The molecule has 0 saturated heterocycles. The van der Waals surface area contributed by atoms with E-state index in [2.05, 4.69) is 22.0 Å². The number of para-hydroxylation sites is 1.